The Labute approximate surface area is 148 Å². The van der Waals surface area contributed by atoms with Crippen molar-refractivity contribution in [2.24, 2.45) is 0 Å². The molecule has 2 heterocycles. The summed E-state index contributed by atoms with van der Waals surface area (Å²) in [5.74, 6) is 0.511. The molecule has 1 aromatic heterocycles. The van der Waals surface area contributed by atoms with Crippen LogP contribution in [0.2, 0.25) is 0 Å². The topological polar surface area (TPSA) is 81.2 Å². The Bertz CT molecular complexity index is 710. The van der Waals surface area contributed by atoms with Gasteiger partial charge >= 0.3 is 0 Å². The molecule has 0 saturated heterocycles. The second-order valence-electron chi connectivity index (χ2n) is 6.73. The predicted octanol–water partition coefficient (Wildman–Crippen LogP) is 2.41. The molecule has 0 bridgehead atoms. The number of amides is 1. The number of aromatic nitrogens is 2. The van der Waals surface area contributed by atoms with Crippen molar-refractivity contribution >= 4 is 11.6 Å². The van der Waals surface area contributed by atoms with Crippen LogP contribution in [0.15, 0.2) is 24.3 Å². The van der Waals surface area contributed by atoms with Crippen LogP contribution in [0, 0.1) is 0 Å². The first-order chi connectivity index (χ1) is 12.1. The summed E-state index contributed by atoms with van der Waals surface area (Å²) in [7, 11) is 0. The van der Waals surface area contributed by atoms with E-state index in [1.54, 1.807) is 0 Å². The van der Waals surface area contributed by atoms with Crippen molar-refractivity contribution < 1.29 is 9.90 Å². The van der Waals surface area contributed by atoms with Gasteiger partial charge in [0.2, 0.25) is 5.91 Å². The van der Waals surface area contributed by atoms with E-state index in [2.05, 4.69) is 46.4 Å². The van der Waals surface area contributed by atoms with Crippen molar-refractivity contribution in [3.05, 3.63) is 46.8 Å². The molecule has 1 aliphatic rings. The number of anilines is 1. The maximum atomic E-state index is 12.3. The molecule has 1 unspecified atom stereocenters. The van der Waals surface area contributed by atoms with Gasteiger partial charge in [0, 0.05) is 36.5 Å². The molecule has 134 valence electrons. The number of aromatic amines is 1. The van der Waals surface area contributed by atoms with E-state index >= 15 is 0 Å². The minimum absolute atomic E-state index is 0.0196. The van der Waals surface area contributed by atoms with E-state index < -0.39 is 0 Å². The average Bonchev–Trinajstić information content (AvgIpc) is 3.04. The van der Waals surface area contributed by atoms with Crippen LogP contribution in [-0.2, 0) is 24.4 Å². The predicted molar refractivity (Wildman–Crippen MR) is 97.3 cm³/mol. The van der Waals surface area contributed by atoms with E-state index in [4.69, 9.17) is 0 Å². The van der Waals surface area contributed by atoms with Crippen LogP contribution in [0.3, 0.4) is 0 Å². The monoisotopic (exact) mass is 342 g/mol. The lowest BCUT2D eigenvalue weighted by atomic mass is 9.99. The first-order valence-electron chi connectivity index (χ1n) is 8.88. The van der Waals surface area contributed by atoms with Gasteiger partial charge < -0.3 is 10.4 Å². The van der Waals surface area contributed by atoms with E-state index in [-0.39, 0.29) is 12.5 Å². The number of rotatable bonds is 6. The minimum atomic E-state index is -0.0750. The Kier molecular flexibility index (Phi) is 5.50. The van der Waals surface area contributed by atoms with Crippen LogP contribution in [0.25, 0.3) is 0 Å². The highest BCUT2D eigenvalue weighted by Crippen LogP contribution is 2.22. The molecule has 0 fully saturated rings. The second kappa shape index (κ2) is 7.80. The number of H-pyrrole nitrogens is 1. The third kappa shape index (κ3) is 4.08. The lowest BCUT2D eigenvalue weighted by molar-refractivity contribution is -0.117. The van der Waals surface area contributed by atoms with Crippen molar-refractivity contribution in [2.75, 3.05) is 18.4 Å². The Hall–Kier alpha value is -2.18. The van der Waals surface area contributed by atoms with Crippen molar-refractivity contribution in [1.29, 1.82) is 0 Å². The van der Waals surface area contributed by atoms with Gasteiger partial charge in [0.25, 0.3) is 0 Å². The molecule has 0 spiro atoms. The Balaban J connectivity index is 1.56. The fraction of sp³-hybridized carbons (Fsp3) is 0.474. The summed E-state index contributed by atoms with van der Waals surface area (Å²) in [5, 5.41) is 19.4. The van der Waals surface area contributed by atoms with Gasteiger partial charge in [-0.3, -0.25) is 14.8 Å². The van der Waals surface area contributed by atoms with Gasteiger partial charge in [0.05, 0.1) is 18.8 Å². The molecule has 6 heteroatoms. The average molecular weight is 342 g/mol. The highest BCUT2D eigenvalue weighted by molar-refractivity contribution is 5.92. The van der Waals surface area contributed by atoms with Gasteiger partial charge in [0.1, 0.15) is 0 Å². The number of carbonyl (C=O) groups is 1. The highest BCUT2D eigenvalue weighted by Gasteiger charge is 2.23. The van der Waals surface area contributed by atoms with Gasteiger partial charge in [-0.2, -0.15) is 5.10 Å². The molecule has 0 saturated carbocycles. The third-order valence-corrected chi connectivity index (χ3v) is 4.99. The Morgan fingerprint density at radius 3 is 2.84 bits per heavy atom. The Morgan fingerprint density at radius 1 is 1.40 bits per heavy atom. The summed E-state index contributed by atoms with van der Waals surface area (Å²) in [6.07, 6.45) is 1.92. The quantitative estimate of drug-likeness (QED) is 0.753. The molecule has 2 aromatic rings. The molecule has 0 radical (unpaired) electrons. The van der Waals surface area contributed by atoms with E-state index in [9.17, 15) is 9.90 Å². The molecule has 1 amide bonds. The third-order valence-electron chi connectivity index (χ3n) is 4.99. The van der Waals surface area contributed by atoms with Gasteiger partial charge in [-0.15, -0.1) is 0 Å². The van der Waals surface area contributed by atoms with Crippen molar-refractivity contribution in [2.45, 2.75) is 45.8 Å². The molecule has 25 heavy (non-hydrogen) atoms. The summed E-state index contributed by atoms with van der Waals surface area (Å²) in [4.78, 5) is 14.4. The number of carbonyl (C=O) groups excluding carboxylic acids is 1. The fourth-order valence-electron chi connectivity index (χ4n) is 3.21. The summed E-state index contributed by atoms with van der Waals surface area (Å²) in [6, 6.07) is 8.09. The standard InChI is InChI=1S/C19H26N4O2/c1-3-13(2)14-4-6-15(7-5-14)20-19(25)11-23-9-8-17-16(10-23)18(12-24)22-21-17/h4-7,13,24H,3,8-12H2,1-2H3,(H,20,25)(H,21,22). The smallest absolute Gasteiger partial charge is 0.238 e. The van der Waals surface area contributed by atoms with E-state index in [0.717, 1.165) is 36.3 Å². The summed E-state index contributed by atoms with van der Waals surface area (Å²) in [6.45, 7) is 6.08. The Morgan fingerprint density at radius 2 is 2.16 bits per heavy atom. The van der Waals surface area contributed by atoms with Gasteiger partial charge in [-0.05, 0) is 30.0 Å². The summed E-state index contributed by atoms with van der Waals surface area (Å²) in [5.41, 5.74) is 4.90. The minimum Gasteiger partial charge on any atom is -0.390 e. The number of hydrogen-bond donors (Lipinski definition) is 3. The summed E-state index contributed by atoms with van der Waals surface area (Å²) < 4.78 is 0. The van der Waals surface area contributed by atoms with Crippen LogP contribution in [0.4, 0.5) is 5.69 Å². The van der Waals surface area contributed by atoms with Crippen LogP contribution in [-0.4, -0.2) is 39.2 Å². The summed E-state index contributed by atoms with van der Waals surface area (Å²) >= 11 is 0. The normalized spacial score (nSPS) is 15.6. The zero-order valence-electron chi connectivity index (χ0n) is 14.9. The molecule has 6 nitrogen and oxygen atoms in total. The molecule has 0 aliphatic carbocycles. The molecule has 1 aliphatic heterocycles. The number of benzene rings is 1. The van der Waals surface area contributed by atoms with Crippen LogP contribution in [0.1, 0.15) is 48.7 Å². The molecule has 3 rings (SSSR count). The van der Waals surface area contributed by atoms with E-state index in [1.807, 2.05) is 12.1 Å². The lowest BCUT2D eigenvalue weighted by Gasteiger charge is -2.26. The van der Waals surface area contributed by atoms with Gasteiger partial charge in [-0.1, -0.05) is 26.0 Å². The first kappa shape index (κ1) is 17.6. The molecule has 1 atom stereocenters. The second-order valence-corrected chi connectivity index (χ2v) is 6.73. The van der Waals surface area contributed by atoms with Gasteiger partial charge in [-0.25, -0.2) is 0 Å². The number of aliphatic hydroxyl groups excluding tert-OH is 1. The highest BCUT2D eigenvalue weighted by atomic mass is 16.3. The molecular formula is C19H26N4O2. The number of nitrogens with one attached hydrogen (secondary N) is 2. The molecule has 3 N–H and O–H groups in total. The lowest BCUT2D eigenvalue weighted by Crippen LogP contribution is -2.37. The maximum absolute atomic E-state index is 12.3. The van der Waals surface area contributed by atoms with Crippen molar-refractivity contribution in [3.63, 3.8) is 0 Å². The van der Waals surface area contributed by atoms with Crippen molar-refractivity contribution in [3.8, 4) is 0 Å². The number of aliphatic hydroxyl groups is 1. The van der Waals surface area contributed by atoms with Gasteiger partial charge in [0.15, 0.2) is 0 Å². The van der Waals surface area contributed by atoms with Crippen LogP contribution in [0.5, 0.6) is 0 Å². The maximum Gasteiger partial charge on any atom is 0.238 e. The number of nitrogens with zero attached hydrogens (tertiary/aromatic N) is 2. The van der Waals surface area contributed by atoms with Crippen LogP contribution < -0.4 is 5.32 Å². The van der Waals surface area contributed by atoms with E-state index in [0.29, 0.717) is 24.7 Å². The number of hydrogen-bond acceptors (Lipinski definition) is 4. The zero-order chi connectivity index (χ0) is 17.8. The number of fused-ring (bicyclic) bond motifs is 1. The molecular weight excluding hydrogens is 316 g/mol. The fourth-order valence-corrected chi connectivity index (χ4v) is 3.21. The molecule has 1 aromatic carbocycles. The van der Waals surface area contributed by atoms with Crippen molar-refractivity contribution in [1.82, 2.24) is 15.1 Å². The first-order valence-corrected chi connectivity index (χ1v) is 8.88. The zero-order valence-corrected chi connectivity index (χ0v) is 14.9. The SMILES string of the molecule is CCC(C)c1ccc(NC(=O)CN2CCc3[nH]nc(CO)c3C2)cc1. The largest absolute Gasteiger partial charge is 0.390 e. The van der Waals surface area contributed by atoms with E-state index in [1.165, 1.54) is 5.56 Å². The van der Waals surface area contributed by atoms with Crippen LogP contribution >= 0.6 is 0 Å².